The van der Waals surface area contributed by atoms with Crippen molar-refractivity contribution in [1.82, 2.24) is 0 Å². The van der Waals surface area contributed by atoms with E-state index in [0.29, 0.717) is 18.0 Å². The number of aryl methyl sites for hydroxylation is 1. The van der Waals surface area contributed by atoms with E-state index in [-0.39, 0.29) is 18.4 Å². The van der Waals surface area contributed by atoms with Crippen molar-refractivity contribution in [2.24, 2.45) is 5.41 Å². The van der Waals surface area contributed by atoms with Crippen molar-refractivity contribution in [3.05, 3.63) is 53.6 Å². The second-order valence-electron chi connectivity index (χ2n) is 7.95. The summed E-state index contributed by atoms with van der Waals surface area (Å²) in [5, 5.41) is 2.85. The molecule has 5 heteroatoms. The van der Waals surface area contributed by atoms with Crippen molar-refractivity contribution in [2.45, 2.75) is 34.1 Å². The number of hydrogen-bond acceptors (Lipinski definition) is 3. The molecule has 0 aromatic heterocycles. The van der Waals surface area contributed by atoms with Crippen molar-refractivity contribution < 1.29 is 14.3 Å². The third-order valence-electron chi connectivity index (χ3n) is 4.51. The fraction of sp³-hybridized carbons (Fsp3) is 0.364. The molecule has 2 aromatic rings. The molecule has 0 saturated carbocycles. The van der Waals surface area contributed by atoms with Crippen LogP contribution in [0.5, 0.6) is 5.75 Å². The van der Waals surface area contributed by atoms with Crippen LogP contribution in [-0.2, 0) is 16.0 Å². The Labute approximate surface area is 160 Å². The van der Waals surface area contributed by atoms with Crippen LogP contribution in [0, 0.1) is 12.3 Å². The molecule has 2 amide bonds. The molecule has 0 saturated heterocycles. The highest BCUT2D eigenvalue weighted by molar-refractivity contribution is 6.00. The molecule has 0 fully saturated rings. The number of rotatable bonds is 4. The summed E-state index contributed by atoms with van der Waals surface area (Å²) in [4.78, 5) is 26.7. The quantitative estimate of drug-likeness (QED) is 0.891. The predicted octanol–water partition coefficient (Wildman–Crippen LogP) is 3.95. The van der Waals surface area contributed by atoms with E-state index < -0.39 is 5.41 Å². The zero-order valence-corrected chi connectivity index (χ0v) is 16.3. The summed E-state index contributed by atoms with van der Waals surface area (Å²) >= 11 is 0. The fourth-order valence-electron chi connectivity index (χ4n) is 3.12. The first-order chi connectivity index (χ1) is 12.7. The maximum atomic E-state index is 12.7. The molecule has 5 nitrogen and oxygen atoms in total. The summed E-state index contributed by atoms with van der Waals surface area (Å²) in [5.74, 6) is 0.525. The lowest BCUT2D eigenvalue weighted by molar-refractivity contribution is -0.125. The zero-order chi connectivity index (χ0) is 19.6. The summed E-state index contributed by atoms with van der Waals surface area (Å²) in [7, 11) is 0. The highest BCUT2D eigenvalue weighted by Gasteiger charge is 2.32. The Bertz CT molecular complexity index is 868. The number of nitrogens with zero attached hydrogens (tertiary/aromatic N) is 1. The molecule has 3 rings (SSSR count). The van der Waals surface area contributed by atoms with Gasteiger partial charge in [-0.05, 0) is 48.7 Å². The molecule has 1 N–H and O–H groups in total. The fourth-order valence-corrected chi connectivity index (χ4v) is 3.12. The normalized spacial score (nSPS) is 13.3. The van der Waals surface area contributed by atoms with Crippen LogP contribution in [0.4, 0.5) is 11.4 Å². The topological polar surface area (TPSA) is 58.6 Å². The Morgan fingerprint density at radius 1 is 1.15 bits per heavy atom. The third-order valence-corrected chi connectivity index (χ3v) is 4.51. The Morgan fingerprint density at radius 2 is 1.93 bits per heavy atom. The van der Waals surface area contributed by atoms with Crippen molar-refractivity contribution in [1.29, 1.82) is 0 Å². The number of fused-ring (bicyclic) bond motifs is 1. The number of ether oxygens (including phenoxy) is 1. The van der Waals surface area contributed by atoms with E-state index in [9.17, 15) is 9.59 Å². The van der Waals surface area contributed by atoms with Crippen molar-refractivity contribution in [2.75, 3.05) is 23.4 Å². The van der Waals surface area contributed by atoms with Crippen LogP contribution >= 0.6 is 0 Å². The molecule has 1 heterocycles. The van der Waals surface area contributed by atoms with E-state index in [1.54, 1.807) is 0 Å². The lowest BCUT2D eigenvalue weighted by Gasteiger charge is -2.26. The standard InChI is InChI=1S/C22H26N2O3/c1-15-6-5-7-18(12-15)27-14-20(25)23-17-9-8-16-10-11-24(19(16)13-17)21(26)22(2,3)4/h5-9,12-13H,10-11,14H2,1-4H3,(H,23,25). The molecule has 0 aliphatic carbocycles. The van der Waals surface area contributed by atoms with E-state index in [0.717, 1.165) is 23.2 Å². The molecule has 142 valence electrons. The monoisotopic (exact) mass is 366 g/mol. The predicted molar refractivity (Wildman–Crippen MR) is 107 cm³/mol. The van der Waals surface area contributed by atoms with E-state index in [1.165, 1.54) is 0 Å². The number of hydrogen-bond donors (Lipinski definition) is 1. The first kappa shape index (κ1) is 19.0. The number of carbonyl (C=O) groups is 2. The summed E-state index contributed by atoms with van der Waals surface area (Å²) in [6.07, 6.45) is 0.835. The van der Waals surface area contributed by atoms with Crippen LogP contribution in [0.3, 0.4) is 0 Å². The minimum Gasteiger partial charge on any atom is -0.484 e. The first-order valence-corrected chi connectivity index (χ1v) is 9.18. The van der Waals surface area contributed by atoms with E-state index in [2.05, 4.69) is 5.32 Å². The number of anilines is 2. The van der Waals surface area contributed by atoms with E-state index in [1.807, 2.05) is 75.1 Å². The highest BCUT2D eigenvalue weighted by atomic mass is 16.5. The largest absolute Gasteiger partial charge is 0.484 e. The van der Waals surface area contributed by atoms with Gasteiger partial charge in [0.15, 0.2) is 6.61 Å². The minimum atomic E-state index is -0.442. The van der Waals surface area contributed by atoms with Crippen molar-refractivity contribution >= 4 is 23.2 Å². The second-order valence-corrected chi connectivity index (χ2v) is 7.95. The summed E-state index contributed by atoms with van der Waals surface area (Å²) < 4.78 is 5.54. The maximum absolute atomic E-state index is 12.7. The van der Waals surface area contributed by atoms with E-state index in [4.69, 9.17) is 4.74 Å². The SMILES string of the molecule is Cc1cccc(OCC(=O)Nc2ccc3c(c2)N(C(=O)C(C)(C)C)CC3)c1. The van der Waals surface area contributed by atoms with Gasteiger partial charge in [-0.15, -0.1) is 0 Å². The van der Waals surface area contributed by atoms with Crippen molar-refractivity contribution in [3.8, 4) is 5.75 Å². The summed E-state index contributed by atoms with van der Waals surface area (Å²) in [6.45, 7) is 8.34. The van der Waals surface area contributed by atoms with Gasteiger partial charge in [0.1, 0.15) is 5.75 Å². The Morgan fingerprint density at radius 3 is 2.63 bits per heavy atom. The van der Waals surface area contributed by atoms with Crippen molar-refractivity contribution in [3.63, 3.8) is 0 Å². The van der Waals surface area contributed by atoms with Gasteiger partial charge in [-0.25, -0.2) is 0 Å². The highest BCUT2D eigenvalue weighted by Crippen LogP contribution is 2.34. The van der Waals surface area contributed by atoms with Crippen LogP contribution in [0.25, 0.3) is 0 Å². The van der Waals surface area contributed by atoms with Crippen LogP contribution in [-0.4, -0.2) is 25.0 Å². The van der Waals surface area contributed by atoms with Gasteiger partial charge in [0.25, 0.3) is 5.91 Å². The number of carbonyl (C=O) groups excluding carboxylic acids is 2. The van der Waals surface area contributed by atoms with Gasteiger partial charge >= 0.3 is 0 Å². The summed E-state index contributed by atoms with van der Waals surface area (Å²) in [6, 6.07) is 13.3. The number of amides is 2. The number of benzene rings is 2. The smallest absolute Gasteiger partial charge is 0.262 e. The van der Waals surface area contributed by atoms with Gasteiger partial charge in [-0.3, -0.25) is 9.59 Å². The molecule has 1 aliphatic heterocycles. The molecule has 0 spiro atoms. The molecule has 1 aliphatic rings. The third kappa shape index (κ3) is 4.48. The van der Waals surface area contributed by atoms with Gasteiger partial charge in [-0.2, -0.15) is 0 Å². The van der Waals surface area contributed by atoms with Crippen LogP contribution in [0.1, 0.15) is 31.9 Å². The Hall–Kier alpha value is -2.82. The van der Waals surface area contributed by atoms with Gasteiger partial charge in [0.2, 0.25) is 5.91 Å². The Balaban J connectivity index is 1.66. The average molecular weight is 366 g/mol. The van der Waals surface area contributed by atoms with Gasteiger partial charge in [-0.1, -0.05) is 39.0 Å². The Kier molecular flexibility index (Phi) is 5.22. The molecule has 27 heavy (non-hydrogen) atoms. The van der Waals surface area contributed by atoms with E-state index >= 15 is 0 Å². The molecule has 0 bridgehead atoms. The van der Waals surface area contributed by atoms with Gasteiger partial charge in [0.05, 0.1) is 0 Å². The lowest BCUT2D eigenvalue weighted by atomic mass is 9.94. The number of nitrogens with one attached hydrogen (secondary N) is 1. The summed E-state index contributed by atoms with van der Waals surface area (Å²) in [5.41, 5.74) is 3.31. The molecule has 2 aromatic carbocycles. The zero-order valence-electron chi connectivity index (χ0n) is 16.3. The van der Waals surface area contributed by atoms with Gasteiger partial charge in [0, 0.05) is 23.3 Å². The van der Waals surface area contributed by atoms with Gasteiger partial charge < -0.3 is 15.0 Å². The molecular formula is C22H26N2O3. The molecule has 0 unspecified atom stereocenters. The molecular weight excluding hydrogens is 340 g/mol. The van der Waals surface area contributed by atoms with Crippen LogP contribution < -0.4 is 15.0 Å². The maximum Gasteiger partial charge on any atom is 0.262 e. The average Bonchev–Trinajstić information content (AvgIpc) is 3.01. The molecule has 0 radical (unpaired) electrons. The molecule has 0 atom stereocenters. The second kappa shape index (κ2) is 7.43. The first-order valence-electron chi connectivity index (χ1n) is 9.18. The van der Waals surface area contributed by atoms with Crippen LogP contribution in [0.15, 0.2) is 42.5 Å². The minimum absolute atomic E-state index is 0.0643. The van der Waals surface area contributed by atoms with Crippen LogP contribution in [0.2, 0.25) is 0 Å². The lowest BCUT2D eigenvalue weighted by Crippen LogP contribution is -2.38.